The summed E-state index contributed by atoms with van der Waals surface area (Å²) in [7, 11) is 0. The van der Waals surface area contributed by atoms with E-state index in [9.17, 15) is 4.79 Å². The third kappa shape index (κ3) is 2.80. The van der Waals surface area contributed by atoms with Crippen molar-refractivity contribution in [3.8, 4) is 11.5 Å². The molecule has 7 heteroatoms. The van der Waals surface area contributed by atoms with Crippen LogP contribution in [0.4, 0.5) is 0 Å². The van der Waals surface area contributed by atoms with Crippen molar-refractivity contribution in [3.63, 3.8) is 0 Å². The predicted molar refractivity (Wildman–Crippen MR) is 98.1 cm³/mol. The van der Waals surface area contributed by atoms with E-state index in [-0.39, 0.29) is 18.7 Å². The molecule has 3 aromatic rings. The van der Waals surface area contributed by atoms with Crippen LogP contribution in [0.2, 0.25) is 0 Å². The molecule has 0 spiro atoms. The monoisotopic (exact) mass is 365 g/mol. The maximum Gasteiger partial charge on any atom is 0.251 e. The zero-order valence-electron chi connectivity index (χ0n) is 14.9. The Bertz CT molecular complexity index is 1040. The van der Waals surface area contributed by atoms with Crippen molar-refractivity contribution in [1.29, 1.82) is 0 Å². The van der Waals surface area contributed by atoms with E-state index in [0.717, 1.165) is 16.9 Å². The second-order valence-electron chi connectivity index (χ2n) is 6.84. The molecule has 5 rings (SSSR count). The van der Waals surface area contributed by atoms with E-state index in [0.29, 0.717) is 36.8 Å². The SMILES string of the molecule is Cc1ccc2nc3n(c2c1)[C@@H](CNC(=O)c1ccc2c(c1)OCO2)COC3. The number of rotatable bonds is 3. The molecule has 2 aliphatic heterocycles. The van der Waals surface area contributed by atoms with E-state index in [2.05, 4.69) is 33.9 Å². The zero-order valence-corrected chi connectivity index (χ0v) is 14.9. The van der Waals surface area contributed by atoms with E-state index >= 15 is 0 Å². The van der Waals surface area contributed by atoms with Gasteiger partial charge >= 0.3 is 0 Å². The maximum atomic E-state index is 12.6. The van der Waals surface area contributed by atoms with Gasteiger partial charge in [0.1, 0.15) is 12.4 Å². The Morgan fingerprint density at radius 3 is 3.04 bits per heavy atom. The Labute approximate surface area is 155 Å². The molecule has 0 bridgehead atoms. The minimum absolute atomic E-state index is 0.00138. The third-order valence-corrected chi connectivity index (χ3v) is 4.96. The first-order valence-corrected chi connectivity index (χ1v) is 8.92. The van der Waals surface area contributed by atoms with Gasteiger partial charge in [-0.1, -0.05) is 6.07 Å². The number of hydrogen-bond acceptors (Lipinski definition) is 5. The molecule has 0 radical (unpaired) electrons. The van der Waals surface area contributed by atoms with Gasteiger partial charge in [-0.2, -0.15) is 0 Å². The Morgan fingerprint density at radius 2 is 2.11 bits per heavy atom. The van der Waals surface area contributed by atoms with Crippen LogP contribution in [0.5, 0.6) is 11.5 Å². The predicted octanol–water partition coefficient (Wildman–Crippen LogP) is 2.57. The van der Waals surface area contributed by atoms with Gasteiger partial charge < -0.3 is 24.1 Å². The number of imidazole rings is 1. The smallest absolute Gasteiger partial charge is 0.251 e. The number of nitrogens with one attached hydrogen (secondary N) is 1. The summed E-state index contributed by atoms with van der Waals surface area (Å²) in [6.07, 6.45) is 0. The first-order chi connectivity index (χ1) is 13.2. The summed E-state index contributed by atoms with van der Waals surface area (Å²) in [4.78, 5) is 17.2. The van der Waals surface area contributed by atoms with Crippen LogP contribution in [0.1, 0.15) is 27.8 Å². The van der Waals surface area contributed by atoms with Crippen LogP contribution in [0, 0.1) is 6.92 Å². The number of carbonyl (C=O) groups is 1. The number of fused-ring (bicyclic) bond motifs is 4. The molecule has 7 nitrogen and oxygen atoms in total. The summed E-state index contributed by atoms with van der Waals surface area (Å²) in [5.74, 6) is 2.00. The topological polar surface area (TPSA) is 74.6 Å². The summed E-state index contributed by atoms with van der Waals surface area (Å²) < 4.78 is 18.5. The highest BCUT2D eigenvalue weighted by molar-refractivity contribution is 5.95. The fourth-order valence-electron chi connectivity index (χ4n) is 3.62. The van der Waals surface area contributed by atoms with Gasteiger partial charge in [0.15, 0.2) is 11.5 Å². The quantitative estimate of drug-likeness (QED) is 0.772. The number of aryl methyl sites for hydroxylation is 1. The molecule has 0 unspecified atom stereocenters. The van der Waals surface area contributed by atoms with Crippen LogP contribution in [0.25, 0.3) is 11.0 Å². The number of benzene rings is 2. The third-order valence-electron chi connectivity index (χ3n) is 4.96. The molecule has 0 fully saturated rings. The summed E-state index contributed by atoms with van der Waals surface area (Å²) in [5, 5.41) is 3.01. The molecule has 2 aliphatic rings. The normalized spacial score (nSPS) is 17.7. The first kappa shape index (κ1) is 16.1. The summed E-state index contributed by atoms with van der Waals surface area (Å²) in [6.45, 7) is 3.73. The van der Waals surface area contributed by atoms with Crippen molar-refractivity contribution in [2.75, 3.05) is 19.9 Å². The van der Waals surface area contributed by atoms with Crippen molar-refractivity contribution in [2.24, 2.45) is 0 Å². The lowest BCUT2D eigenvalue weighted by molar-refractivity contribution is 0.0553. The van der Waals surface area contributed by atoms with Crippen LogP contribution in [-0.2, 0) is 11.3 Å². The number of hydrogen-bond donors (Lipinski definition) is 1. The average Bonchev–Trinajstić information content (AvgIpc) is 3.29. The van der Waals surface area contributed by atoms with Gasteiger partial charge in [-0.05, 0) is 42.8 Å². The number of nitrogens with zero attached hydrogens (tertiary/aromatic N) is 2. The molecule has 1 amide bonds. The minimum atomic E-state index is -0.152. The van der Waals surface area contributed by atoms with Gasteiger partial charge in [-0.25, -0.2) is 4.98 Å². The highest BCUT2D eigenvalue weighted by atomic mass is 16.7. The van der Waals surface area contributed by atoms with E-state index in [1.54, 1.807) is 18.2 Å². The summed E-state index contributed by atoms with van der Waals surface area (Å²) >= 11 is 0. The van der Waals surface area contributed by atoms with Crippen LogP contribution >= 0.6 is 0 Å². The Balaban J connectivity index is 1.37. The summed E-state index contributed by atoms with van der Waals surface area (Å²) in [6, 6.07) is 11.4. The minimum Gasteiger partial charge on any atom is -0.454 e. The van der Waals surface area contributed by atoms with Gasteiger partial charge in [0, 0.05) is 12.1 Å². The second kappa shape index (κ2) is 6.28. The van der Waals surface area contributed by atoms with Gasteiger partial charge in [-0.15, -0.1) is 0 Å². The largest absolute Gasteiger partial charge is 0.454 e. The fraction of sp³-hybridized carbons (Fsp3) is 0.300. The molecular weight excluding hydrogens is 346 g/mol. The van der Waals surface area contributed by atoms with Gasteiger partial charge in [0.25, 0.3) is 5.91 Å². The molecular formula is C20H19N3O4. The molecule has 1 atom stereocenters. The number of aromatic nitrogens is 2. The van der Waals surface area contributed by atoms with Crippen LogP contribution in [0.3, 0.4) is 0 Å². The van der Waals surface area contributed by atoms with E-state index < -0.39 is 0 Å². The molecule has 138 valence electrons. The maximum absolute atomic E-state index is 12.6. The van der Waals surface area contributed by atoms with Crippen LogP contribution < -0.4 is 14.8 Å². The van der Waals surface area contributed by atoms with Crippen LogP contribution in [0.15, 0.2) is 36.4 Å². The van der Waals surface area contributed by atoms with Gasteiger partial charge in [0.05, 0.1) is 23.7 Å². The van der Waals surface area contributed by atoms with Gasteiger partial charge in [-0.3, -0.25) is 4.79 Å². The summed E-state index contributed by atoms with van der Waals surface area (Å²) in [5.41, 5.74) is 3.76. The lowest BCUT2D eigenvalue weighted by atomic mass is 10.1. The standard InChI is InChI=1S/C20H19N3O4/c1-12-2-4-15-16(6-12)23-14(9-25-10-19(23)22-15)8-21-20(24)13-3-5-17-18(7-13)27-11-26-17/h2-7,14H,8-11H2,1H3,(H,21,24)/t14-/m0/s1. The molecule has 1 N–H and O–H groups in total. The second-order valence-corrected chi connectivity index (χ2v) is 6.84. The molecule has 1 aromatic heterocycles. The first-order valence-electron chi connectivity index (χ1n) is 8.92. The zero-order chi connectivity index (χ0) is 18.4. The van der Waals surface area contributed by atoms with Gasteiger partial charge in [0.2, 0.25) is 6.79 Å². The van der Waals surface area contributed by atoms with Crippen LogP contribution in [-0.4, -0.2) is 35.4 Å². The van der Waals surface area contributed by atoms with Crippen molar-refractivity contribution >= 4 is 16.9 Å². The highest BCUT2D eigenvalue weighted by Gasteiger charge is 2.25. The number of ether oxygens (including phenoxy) is 3. The van der Waals surface area contributed by atoms with E-state index in [4.69, 9.17) is 14.2 Å². The Kier molecular flexibility index (Phi) is 3.75. The highest BCUT2D eigenvalue weighted by Crippen LogP contribution is 2.32. The fourth-order valence-corrected chi connectivity index (χ4v) is 3.62. The number of amides is 1. The molecule has 0 saturated heterocycles. The van der Waals surface area contributed by atoms with Crippen molar-refractivity contribution < 1.29 is 19.0 Å². The van der Waals surface area contributed by atoms with Crippen molar-refractivity contribution in [1.82, 2.24) is 14.9 Å². The Hall–Kier alpha value is -3.06. The van der Waals surface area contributed by atoms with E-state index in [1.807, 2.05) is 6.07 Å². The lowest BCUT2D eigenvalue weighted by Crippen LogP contribution is -2.35. The number of carbonyl (C=O) groups excluding carboxylic acids is 1. The Morgan fingerprint density at radius 1 is 1.22 bits per heavy atom. The molecule has 3 heterocycles. The van der Waals surface area contributed by atoms with Crippen molar-refractivity contribution in [2.45, 2.75) is 19.6 Å². The molecule has 2 aromatic carbocycles. The molecule has 0 saturated carbocycles. The van der Waals surface area contributed by atoms with Crippen molar-refractivity contribution in [3.05, 3.63) is 53.3 Å². The average molecular weight is 365 g/mol. The molecule has 0 aliphatic carbocycles. The molecule has 27 heavy (non-hydrogen) atoms. The van der Waals surface area contributed by atoms with E-state index in [1.165, 1.54) is 5.56 Å². The lowest BCUT2D eigenvalue weighted by Gasteiger charge is -2.26.